The van der Waals surface area contributed by atoms with Crippen molar-refractivity contribution in [1.29, 1.82) is 0 Å². The van der Waals surface area contributed by atoms with E-state index in [4.69, 9.17) is 10.5 Å². The van der Waals surface area contributed by atoms with E-state index >= 15 is 0 Å². The third-order valence-electron chi connectivity index (χ3n) is 2.25. The molecule has 1 aromatic rings. The molecule has 102 valence electrons. The number of ether oxygens (including phenoxy) is 1. The highest BCUT2D eigenvalue weighted by atomic mass is 16.5. The van der Waals surface area contributed by atoms with E-state index in [0.29, 0.717) is 25.6 Å². The standard InChI is InChI=1S/C15H20N2O2/c1-12(2)11-19-15(18)17-10-14-6-3-5-13(9-14)7-4-8-16/h3,5-6,9,12H,8,10-11,16H2,1-2H3,(H,17,18). The highest BCUT2D eigenvalue weighted by Crippen LogP contribution is 2.04. The Morgan fingerprint density at radius 3 is 2.95 bits per heavy atom. The maximum Gasteiger partial charge on any atom is 0.407 e. The van der Waals surface area contributed by atoms with Crippen LogP contribution in [0.15, 0.2) is 24.3 Å². The Kier molecular flexibility index (Phi) is 6.48. The van der Waals surface area contributed by atoms with Crippen molar-refractivity contribution in [3.63, 3.8) is 0 Å². The van der Waals surface area contributed by atoms with Crippen LogP contribution in [0.5, 0.6) is 0 Å². The number of nitrogens with two attached hydrogens (primary N) is 1. The molecule has 1 aromatic carbocycles. The van der Waals surface area contributed by atoms with Gasteiger partial charge in [-0.2, -0.15) is 0 Å². The number of benzene rings is 1. The lowest BCUT2D eigenvalue weighted by Crippen LogP contribution is -2.25. The fraction of sp³-hybridized carbons (Fsp3) is 0.400. The summed E-state index contributed by atoms with van der Waals surface area (Å²) in [6, 6.07) is 7.65. The number of nitrogens with one attached hydrogen (secondary N) is 1. The zero-order chi connectivity index (χ0) is 14.1. The highest BCUT2D eigenvalue weighted by molar-refractivity contribution is 5.67. The van der Waals surface area contributed by atoms with E-state index in [1.807, 2.05) is 38.1 Å². The molecule has 1 rings (SSSR count). The van der Waals surface area contributed by atoms with Crippen LogP contribution in [0.2, 0.25) is 0 Å². The molecule has 0 heterocycles. The van der Waals surface area contributed by atoms with Crippen LogP contribution in [0, 0.1) is 17.8 Å². The maximum absolute atomic E-state index is 11.4. The van der Waals surface area contributed by atoms with Crippen LogP contribution in [0.1, 0.15) is 25.0 Å². The molecule has 4 nitrogen and oxygen atoms in total. The SMILES string of the molecule is CC(C)COC(=O)NCc1cccc(C#CCN)c1. The Hall–Kier alpha value is -1.99. The Labute approximate surface area is 114 Å². The van der Waals surface area contributed by atoms with Crippen molar-refractivity contribution in [2.75, 3.05) is 13.2 Å². The summed E-state index contributed by atoms with van der Waals surface area (Å²) in [5, 5.41) is 2.70. The number of alkyl carbamates (subject to hydrolysis) is 1. The van der Waals surface area contributed by atoms with Crippen molar-refractivity contribution in [3.8, 4) is 11.8 Å². The number of hydrogen-bond donors (Lipinski definition) is 2. The van der Waals surface area contributed by atoms with Crippen molar-refractivity contribution >= 4 is 6.09 Å². The summed E-state index contributed by atoms with van der Waals surface area (Å²) in [7, 11) is 0. The molecule has 0 saturated heterocycles. The van der Waals surface area contributed by atoms with Gasteiger partial charge in [-0.15, -0.1) is 0 Å². The lowest BCUT2D eigenvalue weighted by molar-refractivity contribution is 0.132. The molecule has 4 heteroatoms. The Morgan fingerprint density at radius 2 is 2.26 bits per heavy atom. The van der Waals surface area contributed by atoms with Gasteiger partial charge in [0.1, 0.15) is 0 Å². The van der Waals surface area contributed by atoms with Gasteiger partial charge in [0.05, 0.1) is 13.2 Å². The third kappa shape index (κ3) is 6.49. The van der Waals surface area contributed by atoms with Gasteiger partial charge in [-0.3, -0.25) is 0 Å². The van der Waals surface area contributed by atoms with Crippen molar-refractivity contribution in [2.45, 2.75) is 20.4 Å². The van der Waals surface area contributed by atoms with Crippen LogP contribution in [0.25, 0.3) is 0 Å². The number of rotatable bonds is 4. The van der Waals surface area contributed by atoms with E-state index in [-0.39, 0.29) is 0 Å². The van der Waals surface area contributed by atoms with E-state index in [2.05, 4.69) is 17.2 Å². The predicted molar refractivity (Wildman–Crippen MR) is 75.4 cm³/mol. The molecule has 0 spiro atoms. The van der Waals surface area contributed by atoms with Crippen LogP contribution in [-0.4, -0.2) is 19.2 Å². The fourth-order valence-electron chi connectivity index (χ4n) is 1.38. The van der Waals surface area contributed by atoms with Crippen LogP contribution in [0.3, 0.4) is 0 Å². The molecule has 0 aliphatic rings. The number of carbonyl (C=O) groups is 1. The Balaban J connectivity index is 2.47. The minimum absolute atomic E-state index is 0.334. The quantitative estimate of drug-likeness (QED) is 0.812. The molecule has 19 heavy (non-hydrogen) atoms. The summed E-state index contributed by atoms with van der Waals surface area (Å²) in [5.74, 6) is 6.08. The van der Waals surface area contributed by atoms with Crippen LogP contribution >= 0.6 is 0 Å². The average Bonchev–Trinajstić information content (AvgIpc) is 2.41. The first-order chi connectivity index (χ1) is 9.11. The largest absolute Gasteiger partial charge is 0.449 e. The molecule has 0 bridgehead atoms. The molecule has 3 N–H and O–H groups in total. The van der Waals surface area contributed by atoms with Gasteiger partial charge < -0.3 is 15.8 Å². The molecule has 0 fully saturated rings. The summed E-state index contributed by atoms with van der Waals surface area (Å²) in [4.78, 5) is 11.4. The number of carbonyl (C=O) groups excluding carboxylic acids is 1. The van der Waals surface area contributed by atoms with Crippen molar-refractivity contribution < 1.29 is 9.53 Å². The number of hydrogen-bond acceptors (Lipinski definition) is 3. The van der Waals surface area contributed by atoms with Gasteiger partial charge in [-0.1, -0.05) is 37.8 Å². The van der Waals surface area contributed by atoms with Gasteiger partial charge in [0.25, 0.3) is 0 Å². The topological polar surface area (TPSA) is 64.3 Å². The lowest BCUT2D eigenvalue weighted by Gasteiger charge is -2.08. The zero-order valence-corrected chi connectivity index (χ0v) is 11.4. The summed E-state index contributed by atoms with van der Waals surface area (Å²) in [6.07, 6.45) is -0.396. The van der Waals surface area contributed by atoms with Crippen LogP contribution < -0.4 is 11.1 Å². The summed E-state index contributed by atoms with van der Waals surface area (Å²) in [5.41, 5.74) is 7.19. The van der Waals surface area contributed by atoms with Gasteiger partial charge in [0, 0.05) is 12.1 Å². The lowest BCUT2D eigenvalue weighted by atomic mass is 10.1. The fourth-order valence-corrected chi connectivity index (χ4v) is 1.38. The molecule has 0 aromatic heterocycles. The molecular formula is C15H20N2O2. The van der Waals surface area contributed by atoms with Gasteiger partial charge in [-0.05, 0) is 23.6 Å². The average molecular weight is 260 g/mol. The molecule has 0 aliphatic heterocycles. The molecule has 0 atom stereocenters. The second kappa shape index (κ2) is 8.17. The first kappa shape index (κ1) is 15.1. The van der Waals surface area contributed by atoms with Crippen molar-refractivity contribution in [3.05, 3.63) is 35.4 Å². The number of amides is 1. The first-order valence-corrected chi connectivity index (χ1v) is 6.30. The van der Waals surface area contributed by atoms with Gasteiger partial charge >= 0.3 is 6.09 Å². The highest BCUT2D eigenvalue weighted by Gasteiger charge is 2.03. The zero-order valence-electron chi connectivity index (χ0n) is 11.4. The predicted octanol–water partition coefficient (Wildman–Crippen LogP) is 1.88. The molecule has 0 unspecified atom stereocenters. The molecule has 1 amide bonds. The smallest absolute Gasteiger partial charge is 0.407 e. The van der Waals surface area contributed by atoms with Crippen LogP contribution in [0.4, 0.5) is 4.79 Å². The normalized spacial score (nSPS) is 9.68. The minimum atomic E-state index is -0.396. The van der Waals surface area contributed by atoms with Gasteiger partial charge in [0.2, 0.25) is 0 Å². The second-order valence-electron chi connectivity index (χ2n) is 4.55. The second-order valence-corrected chi connectivity index (χ2v) is 4.55. The third-order valence-corrected chi connectivity index (χ3v) is 2.25. The van der Waals surface area contributed by atoms with E-state index in [9.17, 15) is 4.79 Å². The Bertz CT molecular complexity index is 473. The van der Waals surface area contributed by atoms with E-state index in [1.165, 1.54) is 0 Å². The first-order valence-electron chi connectivity index (χ1n) is 6.30. The van der Waals surface area contributed by atoms with Crippen molar-refractivity contribution in [2.24, 2.45) is 11.7 Å². The summed E-state index contributed by atoms with van der Waals surface area (Å²) in [6.45, 7) is 5.17. The summed E-state index contributed by atoms with van der Waals surface area (Å²) < 4.78 is 5.03. The summed E-state index contributed by atoms with van der Waals surface area (Å²) >= 11 is 0. The molecule has 0 aliphatic carbocycles. The molecule has 0 saturated carbocycles. The molecular weight excluding hydrogens is 240 g/mol. The minimum Gasteiger partial charge on any atom is -0.449 e. The van der Waals surface area contributed by atoms with Gasteiger partial charge in [-0.25, -0.2) is 4.79 Å². The van der Waals surface area contributed by atoms with E-state index < -0.39 is 6.09 Å². The van der Waals surface area contributed by atoms with E-state index in [1.54, 1.807) is 0 Å². The van der Waals surface area contributed by atoms with E-state index in [0.717, 1.165) is 11.1 Å². The maximum atomic E-state index is 11.4. The molecule has 0 radical (unpaired) electrons. The monoisotopic (exact) mass is 260 g/mol. The van der Waals surface area contributed by atoms with Crippen LogP contribution in [-0.2, 0) is 11.3 Å². The Morgan fingerprint density at radius 1 is 1.47 bits per heavy atom. The van der Waals surface area contributed by atoms with Crippen molar-refractivity contribution in [1.82, 2.24) is 5.32 Å². The van der Waals surface area contributed by atoms with Gasteiger partial charge in [0.15, 0.2) is 0 Å².